The second kappa shape index (κ2) is 7.08. The number of amides is 1. The molecule has 0 aromatic heterocycles. The summed E-state index contributed by atoms with van der Waals surface area (Å²) in [6, 6.07) is 9.78. The molecule has 5 nitrogen and oxygen atoms in total. The Balaban J connectivity index is 2.54. The molecule has 1 atom stereocenters. The lowest BCUT2D eigenvalue weighted by atomic mass is 9.88. The molecule has 1 N–H and O–H groups in total. The molecule has 0 spiro atoms. The van der Waals surface area contributed by atoms with Crippen molar-refractivity contribution in [3.05, 3.63) is 76.1 Å². The fraction of sp³-hybridized carbons (Fsp3) is 0.118. The van der Waals surface area contributed by atoms with Gasteiger partial charge in [0.2, 0.25) is 5.91 Å². The van der Waals surface area contributed by atoms with E-state index in [9.17, 15) is 19.3 Å². The van der Waals surface area contributed by atoms with Crippen LogP contribution in [0.15, 0.2) is 49.0 Å². The average Bonchev–Trinajstić information content (AvgIpc) is 2.54. The Morgan fingerprint density at radius 3 is 2.54 bits per heavy atom. The number of nitrogens with one attached hydrogen (secondary N) is 1. The summed E-state index contributed by atoms with van der Waals surface area (Å²) >= 11 is 0. The highest BCUT2D eigenvalue weighted by Gasteiger charge is 2.18. The number of rotatable bonds is 5. The quantitative estimate of drug-likeness (QED) is 0.518. The maximum atomic E-state index is 14.0. The van der Waals surface area contributed by atoms with Crippen LogP contribution in [0.3, 0.4) is 0 Å². The van der Waals surface area contributed by atoms with E-state index in [1.807, 2.05) is 0 Å². The molecule has 1 unspecified atom stereocenters. The first-order chi connectivity index (χ1) is 11.3. The predicted molar refractivity (Wildman–Crippen MR) is 91.4 cm³/mol. The average molecular weight is 324 g/mol. The molecule has 120 valence electrons. The molecule has 2 aromatic carbocycles. The molecule has 0 bridgehead atoms. The van der Waals surface area contributed by atoms with Gasteiger partial charge in [-0.05, 0) is 23.5 Å². The largest absolute Gasteiger partial charge is 0.326 e. The van der Waals surface area contributed by atoms with Crippen molar-refractivity contribution in [1.82, 2.24) is 0 Å². The van der Waals surface area contributed by atoms with Crippen LogP contribution >= 0.6 is 0 Å². The first kappa shape index (κ1) is 17.4. The topological polar surface area (TPSA) is 72.2 Å². The minimum atomic E-state index is -0.769. The number of nitro groups is 1. The minimum Gasteiger partial charge on any atom is -0.326 e. The number of halogens is 1. The summed E-state index contributed by atoms with van der Waals surface area (Å²) in [6.45, 7) is 5.33. The molecule has 0 saturated heterocycles. The fourth-order valence-corrected chi connectivity index (χ4v) is 2.10. The van der Waals surface area contributed by atoms with Crippen LogP contribution in [-0.2, 0) is 4.79 Å². The van der Waals surface area contributed by atoms with Crippen LogP contribution in [0.1, 0.15) is 18.1 Å². The molecule has 2 rings (SSSR count). The van der Waals surface area contributed by atoms with E-state index in [2.05, 4.69) is 11.9 Å². The first-order valence-corrected chi connectivity index (χ1v) is 7.10. The molecule has 1 amide bonds. The number of benzene rings is 2. The number of nitrogens with zero attached hydrogens (tertiary/aromatic N) is 1. The van der Waals surface area contributed by atoms with Crippen LogP contribution in [-0.4, -0.2) is 18.7 Å². The van der Waals surface area contributed by atoms with Crippen LogP contribution in [0, 0.1) is 15.9 Å². The molecular weight excluding hydrogens is 310 g/mol. The van der Waals surface area contributed by atoms with Gasteiger partial charge in [-0.3, -0.25) is 14.9 Å². The smallest absolute Gasteiger partial charge is 0.270 e. The van der Waals surface area contributed by atoms with E-state index in [1.165, 1.54) is 43.3 Å². The third-order valence-electron chi connectivity index (χ3n) is 3.41. The standard InChI is InChI=1S/C17H14BFN2O3/c1-10(13-5-3-4-6-15(13)19)14-9-12(21(23)24)7-8-16(14)20-17(22)11(2)18/h3-9,11H,1H2,2H3,(H,20,22). The molecule has 0 aliphatic carbocycles. The molecular formula is C17H14BFN2O3. The van der Waals surface area contributed by atoms with Crippen LogP contribution in [0.2, 0.25) is 5.82 Å². The number of hydrogen-bond acceptors (Lipinski definition) is 3. The van der Waals surface area contributed by atoms with E-state index < -0.39 is 22.5 Å². The van der Waals surface area contributed by atoms with Gasteiger partial charge in [0, 0.05) is 28.9 Å². The lowest BCUT2D eigenvalue weighted by Crippen LogP contribution is -2.17. The Hall–Kier alpha value is -2.96. The number of non-ortho nitro benzene ring substituents is 1. The Kier molecular flexibility index (Phi) is 5.13. The van der Waals surface area contributed by atoms with E-state index in [4.69, 9.17) is 7.85 Å². The maximum Gasteiger partial charge on any atom is 0.270 e. The SMILES string of the molecule is [B]C(C)C(=O)Nc1ccc([N+](=O)[O-])cc1C(=C)c1ccccc1F. The van der Waals surface area contributed by atoms with E-state index >= 15 is 0 Å². The van der Waals surface area contributed by atoms with Crippen LogP contribution in [0.25, 0.3) is 5.57 Å². The summed E-state index contributed by atoms with van der Waals surface area (Å²) < 4.78 is 14.0. The van der Waals surface area contributed by atoms with Crippen molar-refractivity contribution in [2.75, 3.05) is 5.32 Å². The van der Waals surface area contributed by atoms with E-state index in [-0.39, 0.29) is 28.1 Å². The molecule has 7 heteroatoms. The van der Waals surface area contributed by atoms with E-state index in [0.29, 0.717) is 0 Å². The van der Waals surface area contributed by atoms with Crippen molar-refractivity contribution >= 4 is 30.7 Å². The molecule has 0 saturated carbocycles. The minimum absolute atomic E-state index is 0.189. The van der Waals surface area contributed by atoms with Gasteiger partial charge < -0.3 is 5.32 Å². The van der Waals surface area contributed by atoms with Gasteiger partial charge >= 0.3 is 0 Å². The van der Waals surface area contributed by atoms with Crippen LogP contribution in [0.4, 0.5) is 15.8 Å². The van der Waals surface area contributed by atoms with Gasteiger partial charge in [0.25, 0.3) is 5.69 Å². The van der Waals surface area contributed by atoms with E-state index in [0.717, 1.165) is 0 Å². The molecule has 0 aliphatic rings. The zero-order valence-corrected chi connectivity index (χ0v) is 13.0. The second-order valence-corrected chi connectivity index (χ2v) is 5.22. The van der Waals surface area contributed by atoms with Gasteiger partial charge in [-0.25, -0.2) is 4.39 Å². The lowest BCUT2D eigenvalue weighted by molar-refractivity contribution is -0.384. The predicted octanol–water partition coefficient (Wildman–Crippen LogP) is 3.71. The van der Waals surface area contributed by atoms with Crippen molar-refractivity contribution in [1.29, 1.82) is 0 Å². The van der Waals surface area contributed by atoms with Crippen LogP contribution < -0.4 is 5.32 Å². The highest BCUT2D eigenvalue weighted by atomic mass is 19.1. The summed E-state index contributed by atoms with van der Waals surface area (Å²) in [4.78, 5) is 22.3. The van der Waals surface area contributed by atoms with Crippen molar-refractivity contribution < 1.29 is 14.1 Å². The van der Waals surface area contributed by atoms with Gasteiger partial charge in [-0.15, -0.1) is 0 Å². The maximum absolute atomic E-state index is 14.0. The van der Waals surface area contributed by atoms with Gasteiger partial charge in [-0.1, -0.05) is 31.7 Å². The third kappa shape index (κ3) is 3.68. The summed E-state index contributed by atoms with van der Waals surface area (Å²) in [5.41, 5.74) is 0.742. The summed E-state index contributed by atoms with van der Waals surface area (Å²) in [6.07, 6.45) is 0. The number of hydrogen-bond donors (Lipinski definition) is 1. The molecule has 0 heterocycles. The monoisotopic (exact) mass is 324 g/mol. The summed E-state index contributed by atoms with van der Waals surface area (Å²) in [7, 11) is 5.52. The zero-order valence-electron chi connectivity index (χ0n) is 13.0. The second-order valence-electron chi connectivity index (χ2n) is 5.22. The first-order valence-electron chi connectivity index (χ1n) is 7.10. The van der Waals surface area contributed by atoms with Crippen molar-refractivity contribution in [2.24, 2.45) is 0 Å². The summed E-state index contributed by atoms with van der Waals surface area (Å²) in [5.74, 6) is -1.75. The van der Waals surface area contributed by atoms with Gasteiger partial charge in [-0.2, -0.15) is 0 Å². The lowest BCUT2D eigenvalue weighted by Gasteiger charge is -2.15. The van der Waals surface area contributed by atoms with Gasteiger partial charge in [0.15, 0.2) is 0 Å². The molecule has 2 aromatic rings. The van der Waals surface area contributed by atoms with Crippen molar-refractivity contribution in [3.8, 4) is 0 Å². The Bertz CT molecular complexity index is 821. The normalized spacial score (nSPS) is 11.6. The van der Waals surface area contributed by atoms with E-state index in [1.54, 1.807) is 6.07 Å². The number of nitro benzene ring substituents is 1. The fourth-order valence-electron chi connectivity index (χ4n) is 2.10. The number of carbonyl (C=O) groups is 1. The molecule has 0 aliphatic heterocycles. The highest BCUT2D eigenvalue weighted by molar-refractivity contribution is 6.25. The molecule has 0 fully saturated rings. The van der Waals surface area contributed by atoms with Gasteiger partial charge in [0.05, 0.1) is 12.8 Å². The van der Waals surface area contributed by atoms with Crippen LogP contribution in [0.5, 0.6) is 0 Å². The Morgan fingerprint density at radius 1 is 1.29 bits per heavy atom. The Morgan fingerprint density at radius 2 is 1.96 bits per heavy atom. The third-order valence-corrected chi connectivity index (χ3v) is 3.41. The Labute approximate surface area is 139 Å². The van der Waals surface area contributed by atoms with Gasteiger partial charge in [0.1, 0.15) is 5.82 Å². The number of anilines is 1. The van der Waals surface area contributed by atoms with Crippen molar-refractivity contribution in [3.63, 3.8) is 0 Å². The number of carbonyl (C=O) groups excluding carboxylic acids is 1. The van der Waals surface area contributed by atoms with Crippen molar-refractivity contribution in [2.45, 2.75) is 12.7 Å². The molecule has 2 radical (unpaired) electrons. The zero-order chi connectivity index (χ0) is 17.9. The molecule has 24 heavy (non-hydrogen) atoms. The summed E-state index contributed by atoms with van der Waals surface area (Å²) in [5, 5.41) is 13.6. The highest BCUT2D eigenvalue weighted by Crippen LogP contribution is 2.32.